The number of carbonyl (C=O) groups excluding carboxylic acids is 2. The maximum atomic E-state index is 13.1. The van der Waals surface area contributed by atoms with E-state index in [1.807, 2.05) is 7.05 Å². The Morgan fingerprint density at radius 1 is 1.21 bits per heavy atom. The highest BCUT2D eigenvalue weighted by Gasteiger charge is 2.45. The smallest absolute Gasteiger partial charge is 0.412 e. The number of amides is 2. The van der Waals surface area contributed by atoms with E-state index in [0.29, 0.717) is 28.6 Å². The Bertz CT molecular complexity index is 885. The number of likely N-dealkylation sites (N-methyl/N-ethyl adjacent to an activating group) is 1. The van der Waals surface area contributed by atoms with Crippen LogP contribution in [0.4, 0.5) is 16.2 Å². The number of non-ortho nitro benzene ring substituents is 1. The number of nitrogens with zero attached hydrogens (tertiary/aromatic N) is 4. The molecule has 1 fully saturated rings. The van der Waals surface area contributed by atoms with Crippen LogP contribution in [0.2, 0.25) is 0 Å². The summed E-state index contributed by atoms with van der Waals surface area (Å²) in [7, 11) is 2.00. The lowest BCUT2D eigenvalue weighted by molar-refractivity contribution is -0.384. The Morgan fingerprint density at radius 3 is 2.66 bits per heavy atom. The molecule has 4 rings (SSSR count). The summed E-state index contributed by atoms with van der Waals surface area (Å²) in [5.74, 6) is 1.31. The fourth-order valence-electron chi connectivity index (χ4n) is 3.39. The second-order valence-corrected chi connectivity index (χ2v) is 9.11. The Hall–Kier alpha value is -2.24. The molecule has 11 heteroatoms. The molecule has 0 aliphatic carbocycles. The summed E-state index contributed by atoms with van der Waals surface area (Å²) in [5.41, 5.74) is 0.223. The first-order valence-corrected chi connectivity index (χ1v) is 11.1. The summed E-state index contributed by atoms with van der Waals surface area (Å²) in [6.07, 6.45) is -1.37. The van der Waals surface area contributed by atoms with Gasteiger partial charge in [0.25, 0.3) is 11.6 Å². The third-order valence-electron chi connectivity index (χ3n) is 4.98. The first-order chi connectivity index (χ1) is 14.0. The largest absolute Gasteiger partial charge is 0.420 e. The van der Waals surface area contributed by atoms with Gasteiger partial charge in [-0.3, -0.25) is 19.8 Å². The van der Waals surface area contributed by atoms with Crippen LogP contribution in [-0.4, -0.2) is 77.7 Å². The molecule has 1 atom stereocenters. The minimum atomic E-state index is -0.899. The quantitative estimate of drug-likeness (QED) is 0.526. The van der Waals surface area contributed by atoms with Crippen molar-refractivity contribution in [1.82, 2.24) is 9.80 Å². The number of thioether (sulfide) groups is 2. The van der Waals surface area contributed by atoms with Gasteiger partial charge in [0.05, 0.1) is 20.4 Å². The molecule has 154 valence electrons. The summed E-state index contributed by atoms with van der Waals surface area (Å²) in [5, 5.41) is 11.2. The lowest BCUT2D eigenvalue weighted by Crippen LogP contribution is -2.49. The molecule has 0 bridgehead atoms. The van der Waals surface area contributed by atoms with Gasteiger partial charge in [-0.2, -0.15) is 0 Å². The van der Waals surface area contributed by atoms with Crippen LogP contribution in [0.25, 0.3) is 0 Å². The van der Waals surface area contributed by atoms with Gasteiger partial charge in [0.2, 0.25) is 6.23 Å². The Morgan fingerprint density at radius 2 is 1.93 bits per heavy atom. The molecule has 0 spiro atoms. The summed E-state index contributed by atoms with van der Waals surface area (Å²) >= 11 is 2.94. The highest BCUT2D eigenvalue weighted by molar-refractivity contribution is 8.10. The van der Waals surface area contributed by atoms with Crippen LogP contribution in [-0.2, 0) is 9.53 Å². The molecule has 1 saturated heterocycles. The highest BCUT2D eigenvalue weighted by atomic mass is 32.2. The SMILES string of the molecule is CN1CCN(C(=O)OC2C3=C(SCCS3)C(=O)N2c2cccc([N+](=O)[O-])c2)CC1. The van der Waals surface area contributed by atoms with E-state index in [1.165, 1.54) is 46.6 Å². The molecule has 3 heterocycles. The number of ether oxygens (including phenoxy) is 1. The molecule has 0 saturated carbocycles. The number of nitro benzene ring substituents is 1. The average molecular weight is 437 g/mol. The molecular weight excluding hydrogens is 416 g/mol. The molecule has 1 unspecified atom stereocenters. The molecule has 1 aromatic carbocycles. The van der Waals surface area contributed by atoms with Crippen molar-refractivity contribution < 1.29 is 19.2 Å². The Labute approximate surface area is 176 Å². The van der Waals surface area contributed by atoms with Crippen molar-refractivity contribution in [2.45, 2.75) is 6.23 Å². The van der Waals surface area contributed by atoms with Crippen LogP contribution in [0.3, 0.4) is 0 Å². The number of carbonyl (C=O) groups is 2. The molecule has 0 aromatic heterocycles. The normalized spacial score (nSPS) is 22.7. The molecular formula is C18H20N4O5S2. The number of rotatable bonds is 3. The van der Waals surface area contributed by atoms with E-state index in [-0.39, 0.29) is 11.6 Å². The van der Waals surface area contributed by atoms with Crippen LogP contribution in [0.5, 0.6) is 0 Å². The van der Waals surface area contributed by atoms with Gasteiger partial charge in [-0.1, -0.05) is 6.07 Å². The van der Waals surface area contributed by atoms with Gasteiger partial charge in [0.1, 0.15) is 0 Å². The van der Waals surface area contributed by atoms with Crippen molar-refractivity contribution in [2.24, 2.45) is 0 Å². The number of hydrogen-bond acceptors (Lipinski definition) is 8. The number of piperazine rings is 1. The van der Waals surface area contributed by atoms with Crippen LogP contribution in [0.15, 0.2) is 34.1 Å². The maximum absolute atomic E-state index is 13.1. The average Bonchev–Trinajstić information content (AvgIpc) is 3.00. The molecule has 1 aromatic rings. The zero-order chi connectivity index (χ0) is 20.5. The Kier molecular flexibility index (Phi) is 5.70. The van der Waals surface area contributed by atoms with Crippen LogP contribution in [0, 0.1) is 10.1 Å². The summed E-state index contributed by atoms with van der Waals surface area (Å²) in [6, 6.07) is 5.85. The fourth-order valence-corrected chi connectivity index (χ4v) is 5.81. The van der Waals surface area contributed by atoms with Gasteiger partial charge >= 0.3 is 6.09 Å². The van der Waals surface area contributed by atoms with Crippen LogP contribution < -0.4 is 4.90 Å². The van der Waals surface area contributed by atoms with Crippen molar-refractivity contribution >= 4 is 46.9 Å². The second-order valence-electron chi connectivity index (χ2n) is 6.87. The van der Waals surface area contributed by atoms with E-state index < -0.39 is 17.2 Å². The van der Waals surface area contributed by atoms with Gasteiger partial charge in [-0.05, 0) is 13.1 Å². The predicted molar refractivity (Wildman–Crippen MR) is 112 cm³/mol. The standard InChI is InChI=1S/C18H20N4O5S2/c1-19-5-7-20(8-6-19)18(24)27-17-15-14(28-9-10-29-15)16(23)21(17)12-3-2-4-13(11-12)22(25)26/h2-4,11,17H,5-10H2,1H3. The maximum Gasteiger partial charge on any atom is 0.412 e. The van der Waals surface area contributed by atoms with Gasteiger partial charge < -0.3 is 14.5 Å². The summed E-state index contributed by atoms with van der Waals surface area (Å²) in [6.45, 7) is 2.62. The second kappa shape index (κ2) is 8.25. The summed E-state index contributed by atoms with van der Waals surface area (Å²) in [4.78, 5) is 42.9. The zero-order valence-electron chi connectivity index (χ0n) is 15.8. The van der Waals surface area contributed by atoms with Crippen molar-refractivity contribution in [1.29, 1.82) is 0 Å². The first kappa shape index (κ1) is 20.0. The molecule has 9 nitrogen and oxygen atoms in total. The highest BCUT2D eigenvalue weighted by Crippen LogP contribution is 2.46. The van der Waals surface area contributed by atoms with Crippen molar-refractivity contribution in [3.63, 3.8) is 0 Å². The van der Waals surface area contributed by atoms with E-state index in [2.05, 4.69) is 4.90 Å². The molecule has 29 heavy (non-hydrogen) atoms. The molecule has 2 amide bonds. The lowest BCUT2D eigenvalue weighted by Gasteiger charge is -2.34. The number of benzene rings is 1. The van der Waals surface area contributed by atoms with Crippen LogP contribution in [0.1, 0.15) is 0 Å². The number of nitro groups is 1. The van der Waals surface area contributed by atoms with Gasteiger partial charge in [0.15, 0.2) is 0 Å². The minimum Gasteiger partial charge on any atom is -0.420 e. The molecule has 3 aliphatic heterocycles. The molecule has 3 aliphatic rings. The topological polar surface area (TPSA) is 96.2 Å². The third kappa shape index (κ3) is 3.94. The number of anilines is 1. The van der Waals surface area contributed by atoms with Crippen molar-refractivity contribution in [3.05, 3.63) is 44.2 Å². The van der Waals surface area contributed by atoms with E-state index in [9.17, 15) is 19.7 Å². The monoisotopic (exact) mass is 436 g/mol. The Balaban J connectivity index is 1.63. The van der Waals surface area contributed by atoms with E-state index in [4.69, 9.17) is 4.74 Å². The van der Waals surface area contributed by atoms with Crippen molar-refractivity contribution in [3.8, 4) is 0 Å². The van der Waals surface area contributed by atoms with Gasteiger partial charge in [-0.25, -0.2) is 4.79 Å². The summed E-state index contributed by atoms with van der Waals surface area (Å²) < 4.78 is 5.81. The minimum absolute atomic E-state index is 0.121. The third-order valence-corrected chi connectivity index (χ3v) is 7.58. The lowest BCUT2D eigenvalue weighted by atomic mass is 10.2. The fraction of sp³-hybridized carbons (Fsp3) is 0.444. The van der Waals surface area contributed by atoms with Crippen LogP contribution >= 0.6 is 23.5 Å². The van der Waals surface area contributed by atoms with E-state index >= 15 is 0 Å². The zero-order valence-corrected chi connectivity index (χ0v) is 17.4. The van der Waals surface area contributed by atoms with Crippen molar-refractivity contribution in [2.75, 3.05) is 49.6 Å². The molecule has 0 radical (unpaired) electrons. The predicted octanol–water partition coefficient (Wildman–Crippen LogP) is 2.34. The van der Waals surface area contributed by atoms with E-state index in [1.54, 1.807) is 11.0 Å². The van der Waals surface area contributed by atoms with Gasteiger partial charge in [-0.15, -0.1) is 23.5 Å². The molecule has 0 N–H and O–H groups in total. The first-order valence-electron chi connectivity index (χ1n) is 9.17. The van der Waals surface area contributed by atoms with E-state index in [0.717, 1.165) is 24.6 Å². The number of hydrogen-bond donors (Lipinski definition) is 0. The van der Waals surface area contributed by atoms with Gasteiger partial charge in [0, 0.05) is 49.8 Å².